The Labute approximate surface area is 127 Å². The molecule has 1 aromatic heterocycles. The fourth-order valence-corrected chi connectivity index (χ4v) is 1.90. The smallest absolute Gasteiger partial charge is 0.312 e. The van der Waals surface area contributed by atoms with Crippen LogP contribution >= 0.6 is 15.9 Å². The molecule has 0 radical (unpaired) electrons. The Morgan fingerprint density at radius 3 is 2.67 bits per heavy atom. The minimum absolute atomic E-state index is 0.0309. The lowest BCUT2D eigenvalue weighted by atomic mass is 10.3. The molecule has 2 N–H and O–H groups in total. The SMILES string of the molecule is Cc1nc(N)c(C)c(Oc2cc(F)c(Br)cc2[N+](=O)[O-])n1. The summed E-state index contributed by atoms with van der Waals surface area (Å²) in [4.78, 5) is 18.3. The number of anilines is 1. The Hall–Kier alpha value is -2.29. The third-order valence-corrected chi connectivity index (χ3v) is 3.26. The Morgan fingerprint density at radius 1 is 1.38 bits per heavy atom. The summed E-state index contributed by atoms with van der Waals surface area (Å²) in [7, 11) is 0. The van der Waals surface area contributed by atoms with E-state index >= 15 is 0 Å². The Bertz CT molecular complexity index is 739. The summed E-state index contributed by atoms with van der Waals surface area (Å²) in [5, 5.41) is 11.0. The molecule has 21 heavy (non-hydrogen) atoms. The van der Waals surface area contributed by atoms with Crippen molar-refractivity contribution in [3.63, 3.8) is 0 Å². The number of nitrogens with zero attached hydrogens (tertiary/aromatic N) is 3. The zero-order valence-corrected chi connectivity index (χ0v) is 12.6. The molecular weight excluding hydrogens is 347 g/mol. The van der Waals surface area contributed by atoms with Crippen LogP contribution in [0.5, 0.6) is 11.6 Å². The largest absolute Gasteiger partial charge is 0.431 e. The number of nitrogens with two attached hydrogens (primary N) is 1. The molecule has 0 aliphatic carbocycles. The molecule has 0 amide bonds. The molecule has 0 bridgehead atoms. The van der Waals surface area contributed by atoms with Crippen LogP contribution in [0.25, 0.3) is 0 Å². The minimum atomic E-state index is -0.688. The van der Waals surface area contributed by atoms with Gasteiger partial charge in [-0.25, -0.2) is 9.37 Å². The predicted molar refractivity (Wildman–Crippen MR) is 76.7 cm³/mol. The van der Waals surface area contributed by atoms with Gasteiger partial charge in [0, 0.05) is 12.1 Å². The summed E-state index contributed by atoms with van der Waals surface area (Å²) in [6.07, 6.45) is 0. The number of nitro groups is 1. The van der Waals surface area contributed by atoms with Crippen molar-refractivity contribution in [2.75, 3.05) is 5.73 Å². The van der Waals surface area contributed by atoms with Crippen LogP contribution in [0.3, 0.4) is 0 Å². The highest BCUT2D eigenvalue weighted by atomic mass is 79.9. The van der Waals surface area contributed by atoms with Crippen molar-refractivity contribution < 1.29 is 14.1 Å². The van der Waals surface area contributed by atoms with Crippen molar-refractivity contribution in [2.45, 2.75) is 13.8 Å². The van der Waals surface area contributed by atoms with E-state index in [2.05, 4.69) is 25.9 Å². The van der Waals surface area contributed by atoms with Crippen molar-refractivity contribution in [3.8, 4) is 11.6 Å². The van der Waals surface area contributed by atoms with E-state index in [1.807, 2.05) is 0 Å². The van der Waals surface area contributed by atoms with Crippen LogP contribution in [0.1, 0.15) is 11.4 Å². The lowest BCUT2D eigenvalue weighted by molar-refractivity contribution is -0.385. The van der Waals surface area contributed by atoms with Crippen LogP contribution in [0, 0.1) is 29.8 Å². The fraction of sp³-hybridized carbons (Fsp3) is 0.167. The fourth-order valence-electron chi connectivity index (χ4n) is 1.57. The molecule has 1 heterocycles. The van der Waals surface area contributed by atoms with E-state index < -0.39 is 16.4 Å². The van der Waals surface area contributed by atoms with Crippen molar-refractivity contribution in [2.24, 2.45) is 0 Å². The molecule has 0 aliphatic rings. The summed E-state index contributed by atoms with van der Waals surface area (Å²) in [6.45, 7) is 3.20. The summed E-state index contributed by atoms with van der Waals surface area (Å²) in [6, 6.07) is 1.94. The van der Waals surface area contributed by atoms with Crippen molar-refractivity contribution in [1.29, 1.82) is 0 Å². The van der Waals surface area contributed by atoms with E-state index in [4.69, 9.17) is 10.5 Å². The highest BCUT2D eigenvalue weighted by molar-refractivity contribution is 9.10. The van der Waals surface area contributed by atoms with Gasteiger partial charge >= 0.3 is 5.69 Å². The highest BCUT2D eigenvalue weighted by Crippen LogP contribution is 2.36. The molecule has 0 aliphatic heterocycles. The van der Waals surface area contributed by atoms with Crippen LogP contribution in [0.2, 0.25) is 0 Å². The molecule has 0 saturated carbocycles. The van der Waals surface area contributed by atoms with Crippen molar-refractivity contribution in [1.82, 2.24) is 9.97 Å². The van der Waals surface area contributed by atoms with Crippen LogP contribution in [-0.4, -0.2) is 14.9 Å². The zero-order valence-electron chi connectivity index (χ0n) is 11.1. The number of aromatic nitrogens is 2. The van der Waals surface area contributed by atoms with Crippen molar-refractivity contribution >= 4 is 27.4 Å². The molecule has 110 valence electrons. The third kappa shape index (κ3) is 3.07. The first-order valence-electron chi connectivity index (χ1n) is 5.71. The quantitative estimate of drug-likeness (QED) is 0.668. The van der Waals surface area contributed by atoms with Crippen LogP contribution in [-0.2, 0) is 0 Å². The number of ether oxygens (including phenoxy) is 1. The predicted octanol–water partition coefficient (Wildman–Crippen LogP) is 3.28. The molecule has 1 aromatic carbocycles. The summed E-state index contributed by atoms with van der Waals surface area (Å²) >= 11 is 2.89. The topological polar surface area (TPSA) is 104 Å². The second-order valence-corrected chi connectivity index (χ2v) is 5.03. The van der Waals surface area contributed by atoms with Gasteiger partial charge in [0.1, 0.15) is 17.5 Å². The van der Waals surface area contributed by atoms with Crippen LogP contribution in [0.4, 0.5) is 15.9 Å². The second kappa shape index (κ2) is 5.60. The number of nitrogen functional groups attached to an aromatic ring is 1. The summed E-state index contributed by atoms with van der Waals surface area (Å²) in [5.74, 6) is -0.371. The Morgan fingerprint density at radius 2 is 2.05 bits per heavy atom. The van der Waals surface area contributed by atoms with Crippen molar-refractivity contribution in [3.05, 3.63) is 43.9 Å². The second-order valence-electron chi connectivity index (χ2n) is 4.18. The molecule has 0 fully saturated rings. The lowest BCUT2D eigenvalue weighted by Gasteiger charge is -2.10. The number of rotatable bonds is 3. The number of halogens is 2. The first-order chi connectivity index (χ1) is 9.79. The maximum absolute atomic E-state index is 13.6. The average molecular weight is 357 g/mol. The van der Waals surface area contributed by atoms with E-state index in [0.29, 0.717) is 11.4 Å². The van der Waals surface area contributed by atoms with E-state index in [0.717, 1.165) is 12.1 Å². The third-order valence-electron chi connectivity index (χ3n) is 2.66. The molecule has 7 nitrogen and oxygen atoms in total. The molecule has 0 atom stereocenters. The first kappa shape index (κ1) is 15.1. The molecule has 9 heteroatoms. The summed E-state index contributed by atoms with van der Waals surface area (Å²) < 4.78 is 18.9. The molecule has 0 spiro atoms. The Balaban J connectivity index is 2.54. The highest BCUT2D eigenvalue weighted by Gasteiger charge is 2.21. The summed E-state index contributed by atoms with van der Waals surface area (Å²) in [5.41, 5.74) is 5.70. The van der Waals surface area contributed by atoms with E-state index in [-0.39, 0.29) is 21.9 Å². The number of hydrogen-bond acceptors (Lipinski definition) is 6. The standard InChI is InChI=1S/C12H10BrFN4O3/c1-5-11(15)16-6(2)17-12(5)21-10-4-8(14)7(13)3-9(10)18(19)20/h3-4H,1-2H3,(H2,15,16,17). The first-order valence-corrected chi connectivity index (χ1v) is 6.51. The number of aryl methyl sites for hydroxylation is 1. The van der Waals surface area contributed by atoms with Gasteiger partial charge in [-0.3, -0.25) is 10.1 Å². The number of hydrogen-bond donors (Lipinski definition) is 1. The average Bonchev–Trinajstić information content (AvgIpc) is 2.39. The maximum atomic E-state index is 13.6. The van der Waals surface area contributed by atoms with Crippen LogP contribution < -0.4 is 10.5 Å². The van der Waals surface area contributed by atoms with E-state index in [1.54, 1.807) is 13.8 Å². The van der Waals surface area contributed by atoms with Gasteiger partial charge in [0.05, 0.1) is 15.0 Å². The van der Waals surface area contributed by atoms with Crippen LogP contribution in [0.15, 0.2) is 16.6 Å². The van der Waals surface area contributed by atoms with Gasteiger partial charge in [-0.05, 0) is 29.8 Å². The van der Waals surface area contributed by atoms with Gasteiger partial charge < -0.3 is 10.5 Å². The normalized spacial score (nSPS) is 10.5. The molecule has 0 unspecified atom stereocenters. The van der Waals surface area contributed by atoms with E-state index in [1.165, 1.54) is 0 Å². The molecule has 2 aromatic rings. The molecular formula is C12H10BrFN4O3. The Kier molecular flexibility index (Phi) is 4.03. The lowest BCUT2D eigenvalue weighted by Crippen LogP contribution is -2.03. The number of nitro benzene ring substituents is 1. The van der Waals surface area contributed by atoms with Gasteiger partial charge in [-0.15, -0.1) is 0 Å². The van der Waals surface area contributed by atoms with E-state index in [9.17, 15) is 14.5 Å². The molecule has 0 saturated heterocycles. The van der Waals surface area contributed by atoms with Gasteiger partial charge in [0.25, 0.3) is 0 Å². The van der Waals surface area contributed by atoms with Gasteiger partial charge in [0.15, 0.2) is 0 Å². The van der Waals surface area contributed by atoms with Gasteiger partial charge in [-0.1, -0.05) is 0 Å². The molecule has 2 rings (SSSR count). The monoisotopic (exact) mass is 356 g/mol. The maximum Gasteiger partial charge on any atom is 0.312 e. The zero-order chi connectivity index (χ0) is 15.7. The van der Waals surface area contributed by atoms with Gasteiger partial charge in [-0.2, -0.15) is 4.98 Å². The minimum Gasteiger partial charge on any atom is -0.431 e. The van der Waals surface area contributed by atoms with Gasteiger partial charge in [0.2, 0.25) is 11.6 Å². The number of benzene rings is 1.